The number of aliphatic hydroxyl groups is 2. The van der Waals surface area contributed by atoms with Gasteiger partial charge < -0.3 is 25.5 Å². The summed E-state index contributed by atoms with van der Waals surface area (Å²) in [4.78, 5) is 41.0. The number of carbonyl (C=O) groups is 3. The molecule has 3 saturated carbocycles. The number of fused-ring (bicyclic) bond motifs is 5. The summed E-state index contributed by atoms with van der Waals surface area (Å²) in [5, 5.41) is 36.9. The van der Waals surface area contributed by atoms with Crippen LogP contribution in [0.5, 0.6) is 0 Å². The van der Waals surface area contributed by atoms with E-state index in [1.807, 2.05) is 0 Å². The first-order chi connectivity index (χ1) is 17.7. The number of allylic oxidation sites excluding steroid dienone is 2. The molecule has 4 aliphatic carbocycles. The summed E-state index contributed by atoms with van der Waals surface area (Å²) in [5.74, 6) is -0.453. The molecule has 1 amide bonds. The molecule has 0 saturated heterocycles. The fourth-order valence-corrected chi connectivity index (χ4v) is 8.22. The largest absolute Gasteiger partial charge is 0.479 e. The molecule has 4 rings (SSSR count). The highest BCUT2D eigenvalue weighted by Crippen LogP contribution is 2.67. The number of rotatable bonds is 8. The third-order valence-electron chi connectivity index (χ3n) is 10.8. The van der Waals surface area contributed by atoms with Crippen LogP contribution < -0.4 is 5.32 Å². The lowest BCUT2D eigenvalue weighted by atomic mass is 9.46. The van der Waals surface area contributed by atoms with Gasteiger partial charge in [0.1, 0.15) is 5.60 Å². The second-order valence-electron chi connectivity index (χ2n) is 13.3. The van der Waals surface area contributed by atoms with Gasteiger partial charge in [-0.1, -0.05) is 38.4 Å². The number of Topliss-reactive ketones (excluding diaryl/α,β-unsaturated/α-hetero) is 1. The highest BCUT2D eigenvalue weighted by molar-refractivity contribution is 5.96. The van der Waals surface area contributed by atoms with Gasteiger partial charge in [-0.25, -0.2) is 4.79 Å². The molecule has 0 aromatic carbocycles. The normalized spacial score (nSPS) is 38.3. The summed E-state index contributed by atoms with van der Waals surface area (Å²) >= 11 is 0. The summed E-state index contributed by atoms with van der Waals surface area (Å²) in [6.07, 6.45) is 7.64. The van der Waals surface area contributed by atoms with Gasteiger partial charge in [0.05, 0.1) is 5.71 Å². The van der Waals surface area contributed by atoms with Crippen molar-refractivity contribution in [2.75, 3.05) is 13.2 Å². The van der Waals surface area contributed by atoms with Gasteiger partial charge in [-0.15, -0.1) is 0 Å². The van der Waals surface area contributed by atoms with E-state index < -0.39 is 29.0 Å². The zero-order valence-corrected chi connectivity index (χ0v) is 23.4. The molecular weight excluding hydrogens is 488 g/mol. The predicted octanol–water partition coefficient (Wildman–Crippen LogP) is 3.23. The second kappa shape index (κ2) is 10.0. The van der Waals surface area contributed by atoms with Crippen LogP contribution in [0.3, 0.4) is 0 Å². The Kier molecular flexibility index (Phi) is 7.60. The van der Waals surface area contributed by atoms with Crippen LogP contribution in [-0.4, -0.2) is 63.5 Å². The smallest absolute Gasteiger partial charge is 0.333 e. The van der Waals surface area contributed by atoms with E-state index in [0.29, 0.717) is 24.2 Å². The molecule has 0 aliphatic heterocycles. The molecule has 3 fully saturated rings. The molecule has 9 nitrogen and oxygen atoms in total. The maximum Gasteiger partial charge on any atom is 0.333 e. The number of ketones is 1. The Morgan fingerprint density at radius 2 is 1.82 bits per heavy atom. The first-order valence-corrected chi connectivity index (χ1v) is 14.0. The molecule has 0 aromatic rings. The van der Waals surface area contributed by atoms with Gasteiger partial charge in [0.15, 0.2) is 18.5 Å². The SMILES string of the molecule is CC(=O)[C@@]1(O)CC[C@H]2[C@@H]3CCC4=C/C(=N\OCC(=O)NCC(C)(C)[C@@H](O)C(=O)O)CC[C@]4(C)[C@H]3CC[C@@]21C. The minimum Gasteiger partial charge on any atom is -0.479 e. The van der Waals surface area contributed by atoms with Crippen molar-refractivity contribution in [3.05, 3.63) is 11.6 Å². The van der Waals surface area contributed by atoms with Gasteiger partial charge in [0.25, 0.3) is 5.91 Å². The Morgan fingerprint density at radius 3 is 2.47 bits per heavy atom. The van der Waals surface area contributed by atoms with Gasteiger partial charge in [-0.2, -0.15) is 0 Å². The van der Waals surface area contributed by atoms with Crippen LogP contribution in [0.25, 0.3) is 0 Å². The van der Waals surface area contributed by atoms with Gasteiger partial charge in [-0.3, -0.25) is 9.59 Å². The van der Waals surface area contributed by atoms with E-state index >= 15 is 0 Å². The Hall–Kier alpha value is -2.26. The van der Waals surface area contributed by atoms with Gasteiger partial charge >= 0.3 is 5.97 Å². The number of carboxylic acid groups (broad SMARTS) is 1. The molecule has 0 heterocycles. The number of aliphatic hydroxyl groups excluding tert-OH is 1. The molecule has 0 spiro atoms. The molecule has 9 heteroatoms. The molecule has 4 aliphatic rings. The summed E-state index contributed by atoms with van der Waals surface area (Å²) in [6.45, 7) is 8.89. The zero-order chi connectivity index (χ0) is 28.1. The number of hydrogen-bond donors (Lipinski definition) is 4. The lowest BCUT2D eigenvalue weighted by Crippen LogP contribution is -2.57. The van der Waals surface area contributed by atoms with Crippen molar-refractivity contribution in [1.82, 2.24) is 5.32 Å². The van der Waals surface area contributed by atoms with Crippen LogP contribution >= 0.6 is 0 Å². The fraction of sp³-hybridized carbons (Fsp3) is 0.793. The highest BCUT2D eigenvalue weighted by atomic mass is 16.6. The van der Waals surface area contributed by atoms with Crippen LogP contribution in [0.2, 0.25) is 0 Å². The number of carbonyl (C=O) groups excluding carboxylic acids is 2. The van der Waals surface area contributed by atoms with Gasteiger partial charge in [0, 0.05) is 17.4 Å². The van der Waals surface area contributed by atoms with Crippen molar-refractivity contribution in [3.8, 4) is 0 Å². The average Bonchev–Trinajstić information content (AvgIpc) is 3.14. The number of carboxylic acids is 1. The van der Waals surface area contributed by atoms with Crippen molar-refractivity contribution < 1.29 is 34.5 Å². The number of aliphatic carboxylic acids is 1. The lowest BCUT2D eigenvalue weighted by Gasteiger charge is -2.59. The molecule has 4 N–H and O–H groups in total. The Labute approximate surface area is 225 Å². The molecule has 212 valence electrons. The monoisotopic (exact) mass is 532 g/mol. The average molecular weight is 533 g/mol. The van der Waals surface area contributed by atoms with Crippen molar-refractivity contribution in [1.29, 1.82) is 0 Å². The van der Waals surface area contributed by atoms with Crippen molar-refractivity contribution in [3.63, 3.8) is 0 Å². The fourth-order valence-electron chi connectivity index (χ4n) is 8.22. The third kappa shape index (κ3) is 4.70. The Bertz CT molecular complexity index is 1050. The molecule has 7 atom stereocenters. The van der Waals surface area contributed by atoms with Crippen LogP contribution in [0, 0.1) is 34.0 Å². The van der Waals surface area contributed by atoms with E-state index in [4.69, 9.17) is 9.94 Å². The van der Waals surface area contributed by atoms with E-state index in [1.165, 1.54) is 5.57 Å². The van der Waals surface area contributed by atoms with Crippen LogP contribution in [0.4, 0.5) is 0 Å². The number of amides is 1. The van der Waals surface area contributed by atoms with Crippen molar-refractivity contribution in [2.24, 2.45) is 39.2 Å². The van der Waals surface area contributed by atoms with Crippen LogP contribution in [0.1, 0.15) is 86.0 Å². The maximum absolute atomic E-state index is 12.4. The number of oxime groups is 1. The predicted molar refractivity (Wildman–Crippen MR) is 141 cm³/mol. The summed E-state index contributed by atoms with van der Waals surface area (Å²) in [7, 11) is 0. The molecule has 38 heavy (non-hydrogen) atoms. The van der Waals surface area contributed by atoms with Gasteiger partial charge in [0.2, 0.25) is 0 Å². The number of nitrogens with zero attached hydrogens (tertiary/aromatic N) is 1. The quantitative estimate of drug-likeness (QED) is 0.351. The molecule has 0 bridgehead atoms. The zero-order valence-electron chi connectivity index (χ0n) is 23.4. The van der Waals surface area contributed by atoms with Crippen LogP contribution in [0.15, 0.2) is 16.8 Å². The third-order valence-corrected chi connectivity index (χ3v) is 10.8. The standard InChI is InChI=1S/C29H44N2O7/c1-17(32)29(37)13-10-22-20-7-6-18-14-19(8-11-27(18,4)21(20)9-12-28(22,29)5)31-38-15-23(33)30-16-26(2,3)24(34)25(35)36/h14,20-22,24,34,37H,6-13,15-16H2,1-5H3,(H,30,33)(H,35,36)/b31-19-/t20-,21+,22+,24+,27+,28+,29+/m1/s1. The second-order valence-corrected chi connectivity index (χ2v) is 13.3. The van der Waals surface area contributed by atoms with Gasteiger partial charge in [-0.05, 0) is 87.5 Å². The minimum atomic E-state index is -1.59. The van der Waals surface area contributed by atoms with Crippen molar-refractivity contribution >= 4 is 23.4 Å². The lowest BCUT2D eigenvalue weighted by molar-refractivity contribution is -0.159. The maximum atomic E-state index is 12.4. The number of hydrogen-bond acceptors (Lipinski definition) is 7. The molecule has 0 unspecified atom stereocenters. The summed E-state index contributed by atoms with van der Waals surface area (Å²) in [6, 6.07) is 0. The Morgan fingerprint density at radius 1 is 1.13 bits per heavy atom. The summed E-state index contributed by atoms with van der Waals surface area (Å²) < 4.78 is 0. The summed E-state index contributed by atoms with van der Waals surface area (Å²) in [5.41, 5.74) is -0.295. The Balaban J connectivity index is 1.37. The van der Waals surface area contributed by atoms with Crippen molar-refractivity contribution in [2.45, 2.75) is 97.7 Å². The highest BCUT2D eigenvalue weighted by Gasteiger charge is 2.65. The van der Waals surface area contributed by atoms with Crippen LogP contribution in [-0.2, 0) is 19.2 Å². The van der Waals surface area contributed by atoms with E-state index in [2.05, 4.69) is 30.4 Å². The van der Waals surface area contributed by atoms with E-state index in [9.17, 15) is 24.6 Å². The van der Waals surface area contributed by atoms with E-state index in [0.717, 1.165) is 50.7 Å². The molecule has 0 radical (unpaired) electrons. The van der Waals surface area contributed by atoms with E-state index in [-0.39, 0.29) is 29.8 Å². The first-order valence-electron chi connectivity index (χ1n) is 14.0. The minimum absolute atomic E-state index is 0.00590. The number of nitrogens with one attached hydrogen (secondary N) is 1. The topological polar surface area (TPSA) is 146 Å². The first kappa shape index (κ1) is 28.7. The van der Waals surface area contributed by atoms with E-state index in [1.54, 1.807) is 20.8 Å². The molecular formula is C29H44N2O7. The molecule has 0 aromatic heterocycles.